The van der Waals surface area contributed by atoms with Crippen molar-refractivity contribution in [3.63, 3.8) is 0 Å². The van der Waals surface area contributed by atoms with Gasteiger partial charge < -0.3 is 10.4 Å². The molecule has 86 valence electrons. The second-order valence-electron chi connectivity index (χ2n) is 4.54. The highest BCUT2D eigenvalue weighted by atomic mass is 16.3. The first kappa shape index (κ1) is 11.4. The van der Waals surface area contributed by atoms with Crippen LogP contribution in [-0.2, 0) is 6.54 Å². The predicted octanol–water partition coefficient (Wildman–Crippen LogP) is 2.02. The van der Waals surface area contributed by atoms with Crippen molar-refractivity contribution < 1.29 is 5.11 Å². The minimum absolute atomic E-state index is 0.263. The molecule has 0 aromatic heterocycles. The van der Waals surface area contributed by atoms with E-state index in [2.05, 4.69) is 48.7 Å². The van der Waals surface area contributed by atoms with Gasteiger partial charge in [0.2, 0.25) is 0 Å². The summed E-state index contributed by atoms with van der Waals surface area (Å²) in [6.07, 6.45) is 5.28. The van der Waals surface area contributed by atoms with Crippen molar-refractivity contribution in [2.75, 3.05) is 6.61 Å². The first-order chi connectivity index (χ1) is 7.78. The molecule has 0 fully saturated rings. The second-order valence-corrected chi connectivity index (χ2v) is 4.54. The van der Waals surface area contributed by atoms with E-state index in [9.17, 15) is 0 Å². The van der Waals surface area contributed by atoms with Crippen LogP contribution in [-0.4, -0.2) is 17.8 Å². The van der Waals surface area contributed by atoms with Crippen LogP contribution in [0.4, 0.5) is 0 Å². The zero-order valence-corrected chi connectivity index (χ0v) is 9.69. The molecule has 1 aromatic rings. The third-order valence-corrected chi connectivity index (χ3v) is 3.10. The van der Waals surface area contributed by atoms with E-state index in [1.165, 1.54) is 11.1 Å². The van der Waals surface area contributed by atoms with Crippen LogP contribution < -0.4 is 5.32 Å². The highest BCUT2D eigenvalue weighted by molar-refractivity contribution is 5.21. The maximum atomic E-state index is 9.02. The molecule has 0 aliphatic heterocycles. The van der Waals surface area contributed by atoms with Crippen LogP contribution in [0, 0.1) is 12.8 Å². The summed E-state index contributed by atoms with van der Waals surface area (Å²) < 4.78 is 0. The Morgan fingerprint density at radius 1 is 1.25 bits per heavy atom. The smallest absolute Gasteiger partial charge is 0.0494 e. The van der Waals surface area contributed by atoms with Crippen molar-refractivity contribution >= 4 is 0 Å². The summed E-state index contributed by atoms with van der Waals surface area (Å²) >= 11 is 0. The summed E-state index contributed by atoms with van der Waals surface area (Å²) in [5.74, 6) is 0.343. The number of rotatable bonds is 4. The molecule has 0 amide bonds. The third-order valence-electron chi connectivity index (χ3n) is 3.10. The highest BCUT2D eigenvalue weighted by Crippen LogP contribution is 2.17. The van der Waals surface area contributed by atoms with Gasteiger partial charge in [-0.2, -0.15) is 0 Å². The van der Waals surface area contributed by atoms with Gasteiger partial charge in [-0.15, -0.1) is 0 Å². The number of nitrogens with one attached hydrogen (secondary N) is 1. The molecule has 0 bridgehead atoms. The summed E-state index contributed by atoms with van der Waals surface area (Å²) in [7, 11) is 0. The normalized spacial score (nSPS) is 23.9. The first-order valence-electron chi connectivity index (χ1n) is 5.86. The molecule has 0 saturated heterocycles. The van der Waals surface area contributed by atoms with E-state index in [0.717, 1.165) is 13.0 Å². The molecule has 0 spiro atoms. The number of aliphatic hydroxyl groups is 1. The van der Waals surface area contributed by atoms with E-state index in [1.54, 1.807) is 0 Å². The highest BCUT2D eigenvalue weighted by Gasteiger charge is 2.16. The number of hydrogen-bond donors (Lipinski definition) is 2. The second kappa shape index (κ2) is 5.28. The Labute approximate surface area is 97.0 Å². The van der Waals surface area contributed by atoms with Crippen LogP contribution in [0.2, 0.25) is 0 Å². The summed E-state index contributed by atoms with van der Waals surface area (Å²) in [6, 6.07) is 9.00. The SMILES string of the molecule is Cc1ccc(CN[C@@H]2C=C[C@H](CO)C2)cc1. The van der Waals surface area contributed by atoms with Crippen molar-refractivity contribution in [3.05, 3.63) is 47.5 Å². The van der Waals surface area contributed by atoms with Gasteiger partial charge in [0.15, 0.2) is 0 Å². The molecule has 2 rings (SSSR count). The van der Waals surface area contributed by atoms with E-state index in [0.29, 0.717) is 12.0 Å². The topological polar surface area (TPSA) is 32.3 Å². The lowest BCUT2D eigenvalue weighted by Crippen LogP contribution is -2.26. The van der Waals surface area contributed by atoms with Gasteiger partial charge >= 0.3 is 0 Å². The standard InChI is InChI=1S/C14H19NO/c1-11-2-4-12(5-3-11)9-15-14-7-6-13(8-14)10-16/h2-7,13-16H,8-10H2,1H3/t13-,14+/m0/s1. The van der Waals surface area contributed by atoms with Crippen molar-refractivity contribution in [3.8, 4) is 0 Å². The summed E-state index contributed by atoms with van der Waals surface area (Å²) in [5.41, 5.74) is 2.61. The fourth-order valence-electron chi connectivity index (χ4n) is 2.02. The molecule has 2 N–H and O–H groups in total. The van der Waals surface area contributed by atoms with Gasteiger partial charge in [0, 0.05) is 25.1 Å². The Hall–Kier alpha value is -1.12. The molecule has 1 aliphatic carbocycles. The van der Waals surface area contributed by atoms with Crippen LogP contribution >= 0.6 is 0 Å². The predicted molar refractivity (Wildman–Crippen MR) is 66.1 cm³/mol. The van der Waals surface area contributed by atoms with Crippen molar-refractivity contribution in [2.24, 2.45) is 5.92 Å². The van der Waals surface area contributed by atoms with Crippen molar-refractivity contribution in [1.29, 1.82) is 0 Å². The fraction of sp³-hybridized carbons (Fsp3) is 0.429. The fourth-order valence-corrected chi connectivity index (χ4v) is 2.02. The summed E-state index contributed by atoms with van der Waals surface area (Å²) in [6.45, 7) is 3.26. The van der Waals surface area contributed by atoms with E-state index in [4.69, 9.17) is 5.11 Å². The average Bonchev–Trinajstić information content (AvgIpc) is 2.76. The van der Waals surface area contributed by atoms with Crippen LogP contribution in [0.25, 0.3) is 0 Å². The quantitative estimate of drug-likeness (QED) is 0.756. The number of hydrogen-bond acceptors (Lipinski definition) is 2. The Kier molecular flexibility index (Phi) is 3.75. The lowest BCUT2D eigenvalue weighted by Gasteiger charge is -2.12. The monoisotopic (exact) mass is 217 g/mol. The third kappa shape index (κ3) is 2.94. The molecular weight excluding hydrogens is 198 g/mol. The molecule has 2 nitrogen and oxygen atoms in total. The van der Waals surface area contributed by atoms with E-state index < -0.39 is 0 Å². The molecule has 0 heterocycles. The van der Waals surface area contributed by atoms with E-state index >= 15 is 0 Å². The maximum absolute atomic E-state index is 9.02. The van der Waals surface area contributed by atoms with Gasteiger partial charge in [0.05, 0.1) is 0 Å². The molecule has 2 atom stereocenters. The minimum Gasteiger partial charge on any atom is -0.396 e. The number of benzene rings is 1. The molecule has 0 saturated carbocycles. The average molecular weight is 217 g/mol. The van der Waals surface area contributed by atoms with Gasteiger partial charge in [0.25, 0.3) is 0 Å². The Morgan fingerprint density at radius 2 is 2.00 bits per heavy atom. The number of aryl methyl sites for hydroxylation is 1. The van der Waals surface area contributed by atoms with Crippen molar-refractivity contribution in [2.45, 2.75) is 25.9 Å². The number of aliphatic hydroxyl groups excluding tert-OH is 1. The van der Waals surface area contributed by atoms with Gasteiger partial charge in [-0.3, -0.25) is 0 Å². The zero-order valence-electron chi connectivity index (χ0n) is 9.69. The van der Waals surface area contributed by atoms with Gasteiger partial charge in [-0.1, -0.05) is 42.0 Å². The van der Waals surface area contributed by atoms with Gasteiger partial charge in [-0.25, -0.2) is 0 Å². The van der Waals surface area contributed by atoms with E-state index in [1.807, 2.05) is 0 Å². The van der Waals surface area contributed by atoms with Gasteiger partial charge in [0.1, 0.15) is 0 Å². The zero-order chi connectivity index (χ0) is 11.4. The summed E-state index contributed by atoms with van der Waals surface area (Å²) in [4.78, 5) is 0. The first-order valence-corrected chi connectivity index (χ1v) is 5.86. The molecule has 1 aliphatic rings. The molecule has 0 radical (unpaired) electrons. The summed E-state index contributed by atoms with van der Waals surface area (Å²) in [5, 5.41) is 12.5. The van der Waals surface area contributed by atoms with E-state index in [-0.39, 0.29) is 6.61 Å². The van der Waals surface area contributed by atoms with Gasteiger partial charge in [-0.05, 0) is 18.9 Å². The molecule has 0 unspecified atom stereocenters. The minimum atomic E-state index is 0.263. The Balaban J connectivity index is 1.80. The molecule has 16 heavy (non-hydrogen) atoms. The maximum Gasteiger partial charge on any atom is 0.0494 e. The van der Waals surface area contributed by atoms with Crippen LogP contribution in [0.15, 0.2) is 36.4 Å². The van der Waals surface area contributed by atoms with Crippen LogP contribution in [0.5, 0.6) is 0 Å². The molecule has 2 heteroatoms. The largest absolute Gasteiger partial charge is 0.396 e. The Bertz CT molecular complexity index is 356. The lowest BCUT2D eigenvalue weighted by atomic mass is 10.1. The molecule has 1 aromatic carbocycles. The van der Waals surface area contributed by atoms with Crippen LogP contribution in [0.3, 0.4) is 0 Å². The van der Waals surface area contributed by atoms with Crippen LogP contribution in [0.1, 0.15) is 17.5 Å². The van der Waals surface area contributed by atoms with Crippen molar-refractivity contribution in [1.82, 2.24) is 5.32 Å². The lowest BCUT2D eigenvalue weighted by molar-refractivity contribution is 0.246. The Morgan fingerprint density at radius 3 is 2.62 bits per heavy atom. The molecular formula is C14H19NO.